The quantitative estimate of drug-likeness (QED) is 0.560. The Kier molecular flexibility index (Phi) is 7.48. The maximum Gasteiger partial charge on any atom is 0.271 e. The van der Waals surface area contributed by atoms with Gasteiger partial charge in [-0.25, -0.2) is 18.1 Å². The van der Waals surface area contributed by atoms with Crippen LogP contribution in [0.15, 0.2) is 47.8 Å². The van der Waals surface area contributed by atoms with E-state index in [1.165, 1.54) is 18.6 Å². The molecule has 1 fully saturated rings. The van der Waals surface area contributed by atoms with Crippen molar-refractivity contribution in [3.8, 4) is 0 Å². The lowest BCUT2D eigenvalue weighted by atomic mass is 9.97. The molecule has 9 nitrogen and oxygen atoms in total. The van der Waals surface area contributed by atoms with E-state index in [1.54, 1.807) is 24.3 Å². The van der Waals surface area contributed by atoms with Crippen molar-refractivity contribution < 1.29 is 23.1 Å². The smallest absolute Gasteiger partial charge is 0.271 e. The van der Waals surface area contributed by atoms with Gasteiger partial charge < -0.3 is 15.2 Å². The molecule has 0 spiro atoms. The lowest BCUT2D eigenvalue weighted by molar-refractivity contribution is -0.0891. The number of nitrogens with zero attached hydrogens (tertiary/aromatic N) is 2. The maximum absolute atomic E-state index is 12.4. The Labute approximate surface area is 176 Å². The molecule has 1 aromatic heterocycles. The Bertz CT molecular complexity index is 937. The zero-order valence-electron chi connectivity index (χ0n) is 16.7. The first-order chi connectivity index (χ1) is 14.4. The van der Waals surface area contributed by atoms with Gasteiger partial charge >= 0.3 is 0 Å². The minimum Gasteiger partial charge on any atom is -0.394 e. The summed E-state index contributed by atoms with van der Waals surface area (Å²) < 4.78 is 33.2. The number of carbonyl (C=O) groups excluding carboxylic acids is 1. The van der Waals surface area contributed by atoms with Crippen molar-refractivity contribution >= 4 is 15.9 Å². The molecular formula is C20H26N4O5S. The summed E-state index contributed by atoms with van der Waals surface area (Å²) >= 11 is 0. The van der Waals surface area contributed by atoms with E-state index < -0.39 is 16.1 Å². The Balaban J connectivity index is 1.49. The lowest BCUT2D eigenvalue weighted by Gasteiger charge is -2.36. The fraction of sp³-hybridized carbons (Fsp3) is 0.450. The number of benzene rings is 1. The van der Waals surface area contributed by atoms with Crippen LogP contribution in [0.25, 0.3) is 0 Å². The van der Waals surface area contributed by atoms with Gasteiger partial charge in [0.25, 0.3) is 5.91 Å². The molecule has 3 N–H and O–H groups in total. The monoisotopic (exact) mass is 434 g/mol. The van der Waals surface area contributed by atoms with Gasteiger partial charge in [-0.2, -0.15) is 0 Å². The van der Waals surface area contributed by atoms with Gasteiger partial charge in [0.2, 0.25) is 10.0 Å². The minimum absolute atomic E-state index is 0.196. The third-order valence-electron chi connectivity index (χ3n) is 5.00. The zero-order chi connectivity index (χ0) is 21.6. The molecule has 30 heavy (non-hydrogen) atoms. The number of aryl methyl sites for hydroxylation is 1. The van der Waals surface area contributed by atoms with E-state index in [2.05, 4.69) is 20.0 Å². The van der Waals surface area contributed by atoms with Crippen LogP contribution in [0.3, 0.4) is 0 Å². The fourth-order valence-electron chi connectivity index (χ4n) is 3.32. The highest BCUT2D eigenvalue weighted by atomic mass is 32.2. The summed E-state index contributed by atoms with van der Waals surface area (Å²) in [6.07, 6.45) is 5.20. The van der Waals surface area contributed by atoms with Crippen molar-refractivity contribution in [3.63, 3.8) is 0 Å². The molecule has 0 unspecified atom stereocenters. The van der Waals surface area contributed by atoms with Gasteiger partial charge in [-0.15, -0.1) is 0 Å². The minimum atomic E-state index is -3.58. The highest BCUT2D eigenvalue weighted by molar-refractivity contribution is 7.89. The normalized spacial score (nSPS) is 21.9. The first-order valence-corrected chi connectivity index (χ1v) is 11.3. The molecule has 162 valence electrons. The number of nitrogens with one attached hydrogen (secondary N) is 2. The number of aromatic nitrogens is 2. The van der Waals surface area contributed by atoms with Crippen molar-refractivity contribution in [2.45, 2.75) is 49.3 Å². The van der Waals surface area contributed by atoms with Crippen LogP contribution in [-0.4, -0.2) is 60.8 Å². The van der Waals surface area contributed by atoms with E-state index in [-0.39, 0.29) is 41.8 Å². The molecule has 3 atom stereocenters. The molecule has 2 aromatic rings. The number of rotatable bonds is 8. The molecule has 0 aliphatic carbocycles. The molecule has 1 amide bonds. The van der Waals surface area contributed by atoms with Gasteiger partial charge in [-0.05, 0) is 38.3 Å². The first-order valence-electron chi connectivity index (χ1n) is 9.78. The highest BCUT2D eigenvalue weighted by Crippen LogP contribution is 2.22. The van der Waals surface area contributed by atoms with Crippen LogP contribution in [0.4, 0.5) is 0 Å². The Morgan fingerprint density at radius 2 is 2.00 bits per heavy atom. The third-order valence-corrected chi connectivity index (χ3v) is 6.47. The summed E-state index contributed by atoms with van der Waals surface area (Å²) in [4.78, 5) is 20.3. The number of aliphatic hydroxyl groups is 1. The summed E-state index contributed by atoms with van der Waals surface area (Å²) in [6, 6.07) is 6.28. The van der Waals surface area contributed by atoms with Crippen LogP contribution < -0.4 is 10.0 Å². The molecule has 0 saturated carbocycles. The van der Waals surface area contributed by atoms with E-state index >= 15 is 0 Å². The van der Waals surface area contributed by atoms with Gasteiger partial charge in [0.15, 0.2) is 0 Å². The van der Waals surface area contributed by atoms with Gasteiger partial charge in [0.1, 0.15) is 11.8 Å². The van der Waals surface area contributed by atoms with Gasteiger partial charge in [-0.3, -0.25) is 9.78 Å². The second kappa shape index (κ2) is 10.1. The molecule has 10 heteroatoms. The van der Waals surface area contributed by atoms with Crippen molar-refractivity contribution in [1.82, 2.24) is 20.0 Å². The number of amides is 1. The fourth-order valence-corrected chi connectivity index (χ4v) is 4.37. The summed E-state index contributed by atoms with van der Waals surface area (Å²) in [6.45, 7) is 1.86. The molecule has 1 saturated heterocycles. The number of carbonyl (C=O) groups is 1. The Morgan fingerprint density at radius 3 is 2.67 bits per heavy atom. The number of ether oxygens (including phenoxy) is 1. The summed E-state index contributed by atoms with van der Waals surface area (Å²) in [5.41, 5.74) is 1.18. The molecule has 0 bridgehead atoms. The first kappa shape index (κ1) is 22.3. The van der Waals surface area contributed by atoms with Crippen molar-refractivity contribution in [2.24, 2.45) is 0 Å². The standard InChI is InChI=1S/C20H26N4O5S/c1-14-2-5-16(6-3-14)30(27,28)23-9-8-15-4-7-17(19(13-25)29-15)24-20(26)18-12-21-10-11-22-18/h2-3,5-6,10-12,15,17,19,23,25H,4,7-9,13H2,1H3,(H,24,26)/t15-,17-,19-/m1/s1. The number of hydrogen-bond donors (Lipinski definition) is 3. The summed E-state index contributed by atoms with van der Waals surface area (Å²) in [7, 11) is -3.58. The highest BCUT2D eigenvalue weighted by Gasteiger charge is 2.32. The topological polar surface area (TPSA) is 131 Å². The Hall–Kier alpha value is -2.40. The zero-order valence-corrected chi connectivity index (χ0v) is 17.5. The largest absolute Gasteiger partial charge is 0.394 e. The number of hydrogen-bond acceptors (Lipinski definition) is 7. The average Bonchev–Trinajstić information content (AvgIpc) is 2.75. The van der Waals surface area contributed by atoms with Crippen LogP contribution >= 0.6 is 0 Å². The molecule has 2 heterocycles. The predicted molar refractivity (Wildman–Crippen MR) is 109 cm³/mol. The molecular weight excluding hydrogens is 408 g/mol. The van der Waals surface area contributed by atoms with Crippen molar-refractivity contribution in [2.75, 3.05) is 13.2 Å². The molecule has 1 aromatic carbocycles. The summed E-state index contributed by atoms with van der Waals surface area (Å²) in [5.74, 6) is -0.376. The maximum atomic E-state index is 12.4. The number of aliphatic hydroxyl groups excluding tert-OH is 1. The third kappa shape index (κ3) is 5.82. The van der Waals surface area contributed by atoms with Crippen LogP contribution in [0.1, 0.15) is 35.3 Å². The van der Waals surface area contributed by atoms with Crippen LogP contribution in [0.5, 0.6) is 0 Å². The second-order valence-electron chi connectivity index (χ2n) is 7.23. The Morgan fingerprint density at radius 1 is 1.23 bits per heavy atom. The van der Waals surface area contributed by atoms with Crippen LogP contribution in [0.2, 0.25) is 0 Å². The van der Waals surface area contributed by atoms with Crippen molar-refractivity contribution in [3.05, 3.63) is 54.1 Å². The average molecular weight is 435 g/mol. The van der Waals surface area contributed by atoms with Gasteiger partial charge in [-0.1, -0.05) is 17.7 Å². The molecule has 0 radical (unpaired) electrons. The van der Waals surface area contributed by atoms with Gasteiger partial charge in [0, 0.05) is 18.9 Å². The van der Waals surface area contributed by atoms with Crippen LogP contribution in [-0.2, 0) is 14.8 Å². The van der Waals surface area contributed by atoms with Crippen molar-refractivity contribution in [1.29, 1.82) is 0 Å². The van der Waals surface area contributed by atoms with Crippen LogP contribution in [0, 0.1) is 6.92 Å². The second-order valence-corrected chi connectivity index (χ2v) is 8.99. The SMILES string of the molecule is Cc1ccc(S(=O)(=O)NCC[C@H]2CC[C@@H](NC(=O)c3cnccn3)[C@@H](CO)O2)cc1. The van der Waals surface area contributed by atoms with E-state index in [0.29, 0.717) is 19.3 Å². The molecule has 1 aliphatic rings. The van der Waals surface area contributed by atoms with E-state index in [0.717, 1.165) is 5.56 Å². The molecule has 3 rings (SSSR count). The van der Waals surface area contributed by atoms with E-state index in [4.69, 9.17) is 4.74 Å². The molecule has 1 aliphatic heterocycles. The summed E-state index contributed by atoms with van der Waals surface area (Å²) in [5, 5.41) is 12.5. The predicted octanol–water partition coefficient (Wildman–Crippen LogP) is 0.792. The lowest BCUT2D eigenvalue weighted by Crippen LogP contribution is -2.51. The van der Waals surface area contributed by atoms with E-state index in [9.17, 15) is 18.3 Å². The van der Waals surface area contributed by atoms with Gasteiger partial charge in [0.05, 0.1) is 29.8 Å². The van der Waals surface area contributed by atoms with E-state index in [1.807, 2.05) is 6.92 Å². The number of sulfonamides is 1.